The summed E-state index contributed by atoms with van der Waals surface area (Å²) in [7, 11) is 2.53. The summed E-state index contributed by atoms with van der Waals surface area (Å²) < 4.78 is 39.2. The Morgan fingerprint density at radius 2 is 1.56 bits per heavy atom. The summed E-state index contributed by atoms with van der Waals surface area (Å²) in [5.74, 6) is 0.457. The second kappa shape index (κ2) is 10.9. The summed E-state index contributed by atoms with van der Waals surface area (Å²) in [6, 6.07) is 14.8. The number of aliphatic hydroxyl groups excluding tert-OH is 1. The maximum absolute atomic E-state index is 13.2. The lowest BCUT2D eigenvalue weighted by molar-refractivity contribution is -2.00. The van der Waals surface area contributed by atoms with E-state index in [4.69, 9.17) is 23.4 Å². The third-order valence-electron chi connectivity index (χ3n) is 5.02. The van der Waals surface area contributed by atoms with Gasteiger partial charge in [0.25, 0.3) is 5.91 Å². The van der Waals surface area contributed by atoms with Crippen LogP contribution in [0.15, 0.2) is 48.5 Å². The standard InChI is InChI=1S/C21H27N3O3.ClHO4/c1-22(2)13-14-24-18-8-6-5-7-17(18)23(3)19(20(25)21(24)26)15-9-11-16(27-4)12-10-15;2-1(3,4)5/h5-12,19-20,25H,13-14H2,1-4H3;(H,2,3,4,5)/p-1. The number of ether oxygens (including phenoxy) is 1. The zero-order valence-electron chi connectivity index (χ0n) is 18.3. The van der Waals surface area contributed by atoms with E-state index in [1.807, 2.05) is 79.5 Å². The maximum Gasteiger partial charge on any atom is 0.258 e. The molecule has 0 saturated carbocycles. The highest BCUT2D eigenvalue weighted by molar-refractivity contribution is 6.01. The number of carbonyl (C=O) groups is 1. The molecule has 1 aliphatic rings. The summed E-state index contributed by atoms with van der Waals surface area (Å²) in [4.78, 5) is 18.9. The number of fused-ring (bicyclic) bond motifs is 1. The fourth-order valence-electron chi connectivity index (χ4n) is 3.50. The molecule has 11 heteroatoms. The van der Waals surface area contributed by atoms with E-state index in [9.17, 15) is 9.90 Å². The molecule has 32 heavy (non-hydrogen) atoms. The highest BCUT2D eigenvalue weighted by Crippen LogP contribution is 2.39. The van der Waals surface area contributed by atoms with Gasteiger partial charge in [-0.15, -0.1) is 10.2 Å². The van der Waals surface area contributed by atoms with Crippen LogP contribution in [0.5, 0.6) is 5.75 Å². The Balaban J connectivity index is 0.000000654. The van der Waals surface area contributed by atoms with Gasteiger partial charge in [0.05, 0.1) is 24.5 Å². The van der Waals surface area contributed by atoms with E-state index in [2.05, 4.69) is 0 Å². The van der Waals surface area contributed by atoms with E-state index in [1.54, 1.807) is 12.0 Å². The molecule has 0 saturated heterocycles. The second-order valence-corrected chi connectivity index (χ2v) is 8.19. The molecule has 1 aliphatic heterocycles. The molecule has 0 aliphatic carbocycles. The minimum absolute atomic E-state index is 0.283. The summed E-state index contributed by atoms with van der Waals surface area (Å²) >= 11 is 0. The van der Waals surface area contributed by atoms with E-state index in [-0.39, 0.29) is 5.91 Å². The van der Waals surface area contributed by atoms with Crippen molar-refractivity contribution in [1.82, 2.24) is 4.90 Å². The number of nitrogens with zero attached hydrogens (tertiary/aromatic N) is 3. The number of para-hydroxylation sites is 2. The number of anilines is 2. The Bertz CT molecular complexity index is 884. The number of carbonyl (C=O) groups excluding carboxylic acids is 1. The van der Waals surface area contributed by atoms with Crippen molar-refractivity contribution in [2.45, 2.75) is 12.1 Å². The molecule has 0 radical (unpaired) electrons. The molecule has 176 valence electrons. The van der Waals surface area contributed by atoms with Gasteiger partial charge in [0.1, 0.15) is 5.75 Å². The summed E-state index contributed by atoms with van der Waals surface area (Å²) in [6.45, 7) is 1.23. The lowest BCUT2D eigenvalue weighted by Gasteiger charge is -2.31. The van der Waals surface area contributed by atoms with E-state index >= 15 is 0 Å². The van der Waals surface area contributed by atoms with Gasteiger partial charge in [0, 0.05) is 20.1 Å². The van der Waals surface area contributed by atoms with Crippen LogP contribution in [0.3, 0.4) is 0 Å². The Hall–Kier alpha value is -2.44. The largest absolute Gasteiger partial charge is 0.497 e. The van der Waals surface area contributed by atoms with E-state index in [0.717, 1.165) is 22.7 Å². The van der Waals surface area contributed by atoms with Crippen LogP contribution >= 0.6 is 0 Å². The number of amides is 1. The average Bonchev–Trinajstić information content (AvgIpc) is 2.80. The average molecular weight is 469 g/mol. The van der Waals surface area contributed by atoms with Crippen molar-refractivity contribution in [3.8, 4) is 5.75 Å². The van der Waals surface area contributed by atoms with Crippen LogP contribution in [-0.2, 0) is 4.79 Å². The number of methoxy groups -OCH3 is 1. The molecule has 3 rings (SSSR count). The van der Waals surface area contributed by atoms with Crippen molar-refractivity contribution in [2.75, 3.05) is 51.1 Å². The van der Waals surface area contributed by atoms with Crippen LogP contribution in [0.1, 0.15) is 11.6 Å². The second-order valence-electron chi connectivity index (χ2n) is 7.43. The number of aliphatic hydroxyl groups is 1. The first kappa shape index (κ1) is 25.8. The van der Waals surface area contributed by atoms with Gasteiger partial charge in [-0.2, -0.15) is 0 Å². The lowest BCUT2D eigenvalue weighted by Crippen LogP contribution is -2.68. The monoisotopic (exact) mass is 468 g/mol. The minimum Gasteiger partial charge on any atom is -0.497 e. The molecule has 0 bridgehead atoms. The molecule has 1 heterocycles. The molecule has 10 nitrogen and oxygen atoms in total. The Morgan fingerprint density at radius 1 is 1.03 bits per heavy atom. The number of hydrogen-bond acceptors (Lipinski definition) is 9. The van der Waals surface area contributed by atoms with Gasteiger partial charge in [0.2, 0.25) is 0 Å². The Labute approximate surface area is 189 Å². The van der Waals surface area contributed by atoms with E-state index in [0.29, 0.717) is 13.1 Å². The fourth-order valence-corrected chi connectivity index (χ4v) is 3.50. The van der Waals surface area contributed by atoms with Gasteiger partial charge >= 0.3 is 0 Å². The number of benzene rings is 2. The Kier molecular flexibility index (Phi) is 8.81. The smallest absolute Gasteiger partial charge is 0.258 e. The zero-order valence-corrected chi connectivity index (χ0v) is 19.1. The van der Waals surface area contributed by atoms with Crippen LogP contribution in [0, 0.1) is 10.2 Å². The van der Waals surface area contributed by atoms with E-state index < -0.39 is 22.4 Å². The quantitative estimate of drug-likeness (QED) is 0.498. The predicted octanol–water partition coefficient (Wildman–Crippen LogP) is -2.61. The highest BCUT2D eigenvalue weighted by atomic mass is 35.7. The van der Waals surface area contributed by atoms with Gasteiger partial charge in [-0.3, -0.25) is 4.79 Å². The minimum atomic E-state index is -4.94. The van der Waals surface area contributed by atoms with Gasteiger partial charge in [-0.25, -0.2) is 18.6 Å². The SMILES string of the molecule is COc1ccc(C2C(O)C(=O)N(CCN(C)C)c3ccccc3N2C)cc1.[O-][Cl+3]([O-])([O-])[O-]. The van der Waals surface area contributed by atoms with Crippen molar-refractivity contribution < 1.29 is 43.5 Å². The third-order valence-corrected chi connectivity index (χ3v) is 5.02. The molecule has 2 unspecified atom stereocenters. The number of halogens is 1. The first-order valence-electron chi connectivity index (χ1n) is 9.65. The normalized spacial score (nSPS) is 18.6. The highest BCUT2D eigenvalue weighted by Gasteiger charge is 2.39. The van der Waals surface area contributed by atoms with E-state index in [1.165, 1.54) is 0 Å². The van der Waals surface area contributed by atoms with Crippen LogP contribution in [0.4, 0.5) is 11.4 Å². The van der Waals surface area contributed by atoms with Crippen LogP contribution in [0.2, 0.25) is 0 Å². The van der Waals surface area contributed by atoms with Crippen molar-refractivity contribution in [3.63, 3.8) is 0 Å². The molecule has 1 amide bonds. The molecule has 2 atom stereocenters. The third kappa shape index (κ3) is 6.78. The van der Waals surface area contributed by atoms with Crippen molar-refractivity contribution in [3.05, 3.63) is 54.1 Å². The molecule has 1 N–H and O–H groups in total. The molecule has 0 fully saturated rings. The van der Waals surface area contributed by atoms with Crippen LogP contribution in [0.25, 0.3) is 0 Å². The molecule has 2 aromatic carbocycles. The van der Waals surface area contributed by atoms with Crippen molar-refractivity contribution in [1.29, 1.82) is 0 Å². The number of likely N-dealkylation sites (N-methyl/N-ethyl adjacent to an activating group) is 2. The van der Waals surface area contributed by atoms with Gasteiger partial charge in [0.15, 0.2) is 6.10 Å². The van der Waals surface area contributed by atoms with Crippen molar-refractivity contribution in [2.24, 2.45) is 0 Å². The lowest BCUT2D eigenvalue weighted by atomic mass is 9.99. The molecule has 2 aromatic rings. The molecular weight excluding hydrogens is 442 g/mol. The van der Waals surface area contributed by atoms with Gasteiger partial charge < -0.3 is 24.5 Å². The van der Waals surface area contributed by atoms with Crippen molar-refractivity contribution >= 4 is 17.3 Å². The van der Waals surface area contributed by atoms with Crippen LogP contribution < -0.4 is 33.2 Å². The summed E-state index contributed by atoms with van der Waals surface area (Å²) in [5, 5.41) is 11.0. The molecule has 0 aromatic heterocycles. The molecule has 0 spiro atoms. The Morgan fingerprint density at radius 3 is 2.06 bits per heavy atom. The zero-order chi connectivity index (χ0) is 24.1. The molecular formula is C21H27ClN3O7-. The maximum atomic E-state index is 13.2. The summed E-state index contributed by atoms with van der Waals surface area (Å²) in [6.07, 6.45) is -1.17. The van der Waals surface area contributed by atoms with Gasteiger partial charge in [-0.05, 0) is 43.9 Å². The summed E-state index contributed by atoms with van der Waals surface area (Å²) in [5.41, 5.74) is 2.60. The van der Waals surface area contributed by atoms with Gasteiger partial charge in [-0.1, -0.05) is 24.3 Å². The first-order valence-corrected chi connectivity index (χ1v) is 10.9. The predicted molar refractivity (Wildman–Crippen MR) is 107 cm³/mol. The number of hydrogen-bond donors (Lipinski definition) is 1. The first-order chi connectivity index (χ1) is 14.9. The fraction of sp³-hybridized carbons (Fsp3) is 0.381. The topological polar surface area (TPSA) is 148 Å². The number of rotatable bonds is 5. The van der Waals surface area contributed by atoms with Crippen LogP contribution in [-0.4, -0.2) is 63.4 Å².